The van der Waals surface area contributed by atoms with Crippen molar-refractivity contribution in [1.29, 1.82) is 0 Å². The van der Waals surface area contributed by atoms with E-state index in [-0.39, 0.29) is 28.9 Å². The van der Waals surface area contributed by atoms with Gasteiger partial charge in [-0.3, -0.25) is 4.79 Å². The first-order valence-corrected chi connectivity index (χ1v) is 13.3. The van der Waals surface area contributed by atoms with Crippen LogP contribution >= 0.6 is 0 Å². The molecular formula is C31H33N3O5. The fourth-order valence-corrected chi connectivity index (χ4v) is 5.00. The number of hydrogen-bond acceptors (Lipinski definition) is 7. The van der Waals surface area contributed by atoms with Crippen molar-refractivity contribution in [3.63, 3.8) is 0 Å². The SMILES string of the molecule is CCNC(=O)c1noc(-c2cc(CCc3ccccc3)c(O)cc2O)c1-c1ccc(N2CCOCC2)cc1C. The highest BCUT2D eigenvalue weighted by atomic mass is 16.5. The molecule has 1 aliphatic heterocycles. The Hall–Kier alpha value is -4.30. The van der Waals surface area contributed by atoms with E-state index in [0.717, 1.165) is 35.5 Å². The third kappa shape index (κ3) is 5.61. The van der Waals surface area contributed by atoms with E-state index < -0.39 is 0 Å². The minimum atomic E-state index is -0.360. The van der Waals surface area contributed by atoms with Gasteiger partial charge in [-0.05, 0) is 67.1 Å². The topological polar surface area (TPSA) is 108 Å². The van der Waals surface area contributed by atoms with Crippen LogP contribution in [0.1, 0.15) is 34.1 Å². The van der Waals surface area contributed by atoms with Crippen molar-refractivity contribution in [3.05, 3.63) is 83.0 Å². The number of carbonyl (C=O) groups excluding carboxylic acids is 1. The van der Waals surface area contributed by atoms with Crippen LogP contribution in [-0.4, -0.2) is 54.1 Å². The van der Waals surface area contributed by atoms with E-state index in [1.165, 1.54) is 6.07 Å². The zero-order valence-electron chi connectivity index (χ0n) is 22.2. The predicted octanol–water partition coefficient (Wildman–Crippen LogP) is 5.10. The molecule has 39 heavy (non-hydrogen) atoms. The summed E-state index contributed by atoms with van der Waals surface area (Å²) in [7, 11) is 0. The zero-order chi connectivity index (χ0) is 27.4. The average Bonchev–Trinajstić information content (AvgIpc) is 3.38. The molecule has 0 bridgehead atoms. The van der Waals surface area contributed by atoms with E-state index in [1.54, 1.807) is 6.07 Å². The Bertz CT molecular complexity index is 1460. The van der Waals surface area contributed by atoms with Gasteiger partial charge in [-0.2, -0.15) is 0 Å². The molecule has 3 aromatic carbocycles. The lowest BCUT2D eigenvalue weighted by Crippen LogP contribution is -2.36. The maximum atomic E-state index is 13.0. The average molecular weight is 528 g/mol. The Balaban J connectivity index is 1.57. The first-order valence-electron chi connectivity index (χ1n) is 13.3. The number of morpholine rings is 1. The Morgan fingerprint density at radius 1 is 0.974 bits per heavy atom. The lowest BCUT2D eigenvalue weighted by molar-refractivity contribution is 0.0947. The number of hydrogen-bond donors (Lipinski definition) is 3. The van der Waals surface area contributed by atoms with Crippen molar-refractivity contribution in [3.8, 4) is 33.9 Å². The number of rotatable bonds is 8. The fourth-order valence-electron chi connectivity index (χ4n) is 5.00. The summed E-state index contributed by atoms with van der Waals surface area (Å²) in [6, 6.07) is 19.1. The monoisotopic (exact) mass is 527 g/mol. The number of phenolic OH excluding ortho intramolecular Hbond substituents is 2. The van der Waals surface area contributed by atoms with E-state index in [4.69, 9.17) is 9.26 Å². The van der Waals surface area contributed by atoms with Crippen molar-refractivity contribution >= 4 is 11.6 Å². The maximum Gasteiger partial charge on any atom is 0.274 e. The summed E-state index contributed by atoms with van der Waals surface area (Å²) >= 11 is 0. The van der Waals surface area contributed by atoms with Gasteiger partial charge in [0.25, 0.3) is 5.91 Å². The molecule has 202 valence electrons. The van der Waals surface area contributed by atoms with Crippen molar-refractivity contribution < 1.29 is 24.3 Å². The van der Waals surface area contributed by atoms with Crippen LogP contribution in [0.3, 0.4) is 0 Å². The minimum absolute atomic E-state index is 0.00300. The number of benzene rings is 3. The van der Waals surface area contributed by atoms with E-state index in [0.29, 0.717) is 49.3 Å². The van der Waals surface area contributed by atoms with Gasteiger partial charge in [0.2, 0.25) is 0 Å². The van der Waals surface area contributed by atoms with Gasteiger partial charge in [-0.15, -0.1) is 0 Å². The number of aryl methyl sites for hydroxylation is 3. The molecule has 4 aromatic rings. The molecule has 1 amide bonds. The Kier molecular flexibility index (Phi) is 7.84. The lowest BCUT2D eigenvalue weighted by Gasteiger charge is -2.29. The van der Waals surface area contributed by atoms with Crippen LogP contribution in [0, 0.1) is 6.92 Å². The molecule has 0 radical (unpaired) electrons. The number of phenols is 2. The second kappa shape index (κ2) is 11.6. The van der Waals surface area contributed by atoms with Crippen molar-refractivity contribution in [2.75, 3.05) is 37.7 Å². The standard InChI is InChI=1S/C31H33N3O5/c1-3-32-31(37)29-28(24-12-11-23(17-20(24)2)34-13-15-38-16-14-34)30(39-33-29)25-18-22(26(35)19-27(25)36)10-9-21-7-5-4-6-8-21/h4-8,11-12,17-19,35-36H,3,9-10,13-16H2,1-2H3,(H,32,37). The van der Waals surface area contributed by atoms with Crippen LogP contribution < -0.4 is 10.2 Å². The van der Waals surface area contributed by atoms with E-state index in [1.807, 2.05) is 56.3 Å². The van der Waals surface area contributed by atoms with Gasteiger partial charge in [0.15, 0.2) is 11.5 Å². The third-order valence-corrected chi connectivity index (χ3v) is 7.07. The molecule has 3 N–H and O–H groups in total. The first-order chi connectivity index (χ1) is 19.0. The molecule has 0 aliphatic carbocycles. The predicted molar refractivity (Wildman–Crippen MR) is 150 cm³/mol. The van der Waals surface area contributed by atoms with Crippen molar-refractivity contribution in [2.45, 2.75) is 26.7 Å². The Morgan fingerprint density at radius 3 is 2.46 bits per heavy atom. The summed E-state index contributed by atoms with van der Waals surface area (Å²) in [6.45, 7) is 7.26. The normalized spacial score (nSPS) is 13.4. The molecule has 0 atom stereocenters. The van der Waals surface area contributed by atoms with Gasteiger partial charge in [0.05, 0.1) is 24.3 Å². The van der Waals surface area contributed by atoms with Crippen LogP contribution in [0.2, 0.25) is 0 Å². The molecule has 2 heterocycles. The number of nitrogens with one attached hydrogen (secondary N) is 1. The smallest absolute Gasteiger partial charge is 0.274 e. The number of aromatic hydroxyl groups is 2. The van der Waals surface area contributed by atoms with E-state index in [9.17, 15) is 15.0 Å². The van der Waals surface area contributed by atoms with E-state index >= 15 is 0 Å². The highest BCUT2D eigenvalue weighted by molar-refractivity contribution is 6.03. The molecule has 8 heteroatoms. The maximum absolute atomic E-state index is 13.0. The Morgan fingerprint density at radius 2 is 1.74 bits per heavy atom. The zero-order valence-corrected chi connectivity index (χ0v) is 22.2. The molecule has 0 unspecified atom stereocenters. The van der Waals surface area contributed by atoms with Crippen LogP contribution in [0.5, 0.6) is 11.5 Å². The molecule has 1 saturated heterocycles. The second-order valence-corrected chi connectivity index (χ2v) is 9.68. The minimum Gasteiger partial charge on any atom is -0.508 e. The first kappa shape index (κ1) is 26.3. The molecule has 0 saturated carbocycles. The molecule has 1 fully saturated rings. The number of amides is 1. The summed E-state index contributed by atoms with van der Waals surface area (Å²) in [6.07, 6.45) is 1.27. The van der Waals surface area contributed by atoms with Crippen LogP contribution in [-0.2, 0) is 17.6 Å². The van der Waals surface area contributed by atoms with Crippen LogP contribution in [0.25, 0.3) is 22.5 Å². The van der Waals surface area contributed by atoms with Crippen LogP contribution in [0.15, 0.2) is 65.2 Å². The number of carbonyl (C=O) groups is 1. The van der Waals surface area contributed by atoms with Gasteiger partial charge >= 0.3 is 0 Å². The summed E-state index contributed by atoms with van der Waals surface area (Å²) in [5.41, 5.74) is 5.61. The van der Waals surface area contributed by atoms with Crippen molar-refractivity contribution in [2.24, 2.45) is 0 Å². The molecular weight excluding hydrogens is 494 g/mol. The molecule has 1 aromatic heterocycles. The molecule has 5 rings (SSSR count). The highest BCUT2D eigenvalue weighted by Gasteiger charge is 2.28. The van der Waals surface area contributed by atoms with E-state index in [2.05, 4.69) is 21.4 Å². The number of anilines is 1. The fraction of sp³-hybridized carbons (Fsp3) is 0.290. The van der Waals surface area contributed by atoms with Gasteiger partial charge in [-0.1, -0.05) is 41.6 Å². The quantitative estimate of drug-likeness (QED) is 0.293. The number of ether oxygens (including phenoxy) is 1. The van der Waals surface area contributed by atoms with Crippen molar-refractivity contribution in [1.82, 2.24) is 10.5 Å². The molecule has 1 aliphatic rings. The number of nitrogens with zero attached hydrogens (tertiary/aromatic N) is 2. The Labute approximate surface area is 227 Å². The van der Waals surface area contributed by atoms with Gasteiger partial charge in [0.1, 0.15) is 11.5 Å². The lowest BCUT2D eigenvalue weighted by atomic mass is 9.93. The summed E-state index contributed by atoms with van der Waals surface area (Å²) in [5, 5.41) is 28.4. The third-order valence-electron chi connectivity index (χ3n) is 7.07. The molecule has 0 spiro atoms. The molecule has 8 nitrogen and oxygen atoms in total. The largest absolute Gasteiger partial charge is 0.508 e. The number of aromatic nitrogens is 1. The highest BCUT2D eigenvalue weighted by Crippen LogP contribution is 2.43. The van der Waals surface area contributed by atoms with Gasteiger partial charge in [0, 0.05) is 31.4 Å². The second-order valence-electron chi connectivity index (χ2n) is 9.68. The summed E-state index contributed by atoms with van der Waals surface area (Å²) in [4.78, 5) is 15.3. The summed E-state index contributed by atoms with van der Waals surface area (Å²) < 4.78 is 11.3. The van der Waals surface area contributed by atoms with Crippen LogP contribution in [0.4, 0.5) is 5.69 Å². The summed E-state index contributed by atoms with van der Waals surface area (Å²) in [5.74, 6) is -0.236. The van der Waals surface area contributed by atoms with Gasteiger partial charge < -0.3 is 29.7 Å². The van der Waals surface area contributed by atoms with Gasteiger partial charge in [-0.25, -0.2) is 0 Å².